The number of aromatic nitrogens is 2. The van der Waals surface area contributed by atoms with Gasteiger partial charge in [0.15, 0.2) is 0 Å². The third kappa shape index (κ3) is 2.19. The molecule has 1 aromatic rings. The van der Waals surface area contributed by atoms with Gasteiger partial charge in [-0.1, -0.05) is 13.8 Å². The van der Waals surface area contributed by atoms with Gasteiger partial charge in [0.05, 0.1) is 11.9 Å². The summed E-state index contributed by atoms with van der Waals surface area (Å²) >= 11 is 1.70. The van der Waals surface area contributed by atoms with Crippen LogP contribution >= 0.6 is 11.8 Å². The van der Waals surface area contributed by atoms with Crippen molar-refractivity contribution >= 4 is 11.8 Å². The van der Waals surface area contributed by atoms with Crippen molar-refractivity contribution in [2.45, 2.75) is 24.7 Å². The third-order valence-electron chi connectivity index (χ3n) is 1.48. The van der Waals surface area contributed by atoms with Gasteiger partial charge in [-0.25, -0.2) is 0 Å². The largest absolute Gasteiger partial charge is 0.158 e. The molecule has 0 aliphatic carbocycles. The van der Waals surface area contributed by atoms with Crippen molar-refractivity contribution in [3.63, 3.8) is 0 Å². The lowest BCUT2D eigenvalue weighted by Gasteiger charge is -2.02. The van der Waals surface area contributed by atoms with Crippen LogP contribution in [0.1, 0.15) is 25.5 Å². The number of hydrogen-bond acceptors (Lipinski definition) is 3. The molecule has 0 aliphatic heterocycles. The fraction of sp³-hybridized carbons (Fsp3) is 0.500. The quantitative estimate of drug-likeness (QED) is 0.634. The zero-order chi connectivity index (χ0) is 8.27. The van der Waals surface area contributed by atoms with Crippen molar-refractivity contribution in [1.29, 1.82) is 0 Å². The van der Waals surface area contributed by atoms with E-state index in [0.717, 1.165) is 5.69 Å². The van der Waals surface area contributed by atoms with Gasteiger partial charge in [-0.05, 0) is 18.2 Å². The van der Waals surface area contributed by atoms with Gasteiger partial charge in [0.1, 0.15) is 0 Å². The highest BCUT2D eigenvalue weighted by Gasteiger charge is 2.01. The van der Waals surface area contributed by atoms with Crippen LogP contribution in [0.4, 0.5) is 0 Å². The van der Waals surface area contributed by atoms with Gasteiger partial charge >= 0.3 is 0 Å². The van der Waals surface area contributed by atoms with Gasteiger partial charge in [0.25, 0.3) is 0 Å². The SMILES string of the molecule is CSc1cnnc(C(C)C)c1. The Bertz CT molecular complexity index is 235. The second-order valence-electron chi connectivity index (χ2n) is 2.67. The van der Waals surface area contributed by atoms with Gasteiger partial charge in [0, 0.05) is 4.90 Å². The molecule has 0 aliphatic rings. The van der Waals surface area contributed by atoms with Crippen molar-refractivity contribution in [3.8, 4) is 0 Å². The zero-order valence-electron chi connectivity index (χ0n) is 7.03. The normalized spacial score (nSPS) is 10.5. The molecule has 0 saturated carbocycles. The van der Waals surface area contributed by atoms with E-state index in [1.807, 2.05) is 6.26 Å². The van der Waals surface area contributed by atoms with Crippen LogP contribution in [0.3, 0.4) is 0 Å². The Balaban J connectivity index is 2.91. The van der Waals surface area contributed by atoms with E-state index in [0.29, 0.717) is 5.92 Å². The molecule has 11 heavy (non-hydrogen) atoms. The fourth-order valence-corrected chi connectivity index (χ4v) is 1.15. The Labute approximate surface area is 71.4 Å². The highest BCUT2D eigenvalue weighted by Crippen LogP contribution is 2.17. The predicted octanol–water partition coefficient (Wildman–Crippen LogP) is 2.32. The molecule has 0 aromatic carbocycles. The molecule has 0 radical (unpaired) electrons. The topological polar surface area (TPSA) is 25.8 Å². The number of thioether (sulfide) groups is 1. The molecule has 0 atom stereocenters. The second kappa shape index (κ2) is 3.72. The van der Waals surface area contributed by atoms with Gasteiger partial charge in [-0.3, -0.25) is 0 Å². The maximum atomic E-state index is 4.02. The molecule has 60 valence electrons. The van der Waals surface area contributed by atoms with Crippen molar-refractivity contribution in [2.75, 3.05) is 6.26 Å². The minimum absolute atomic E-state index is 0.467. The maximum absolute atomic E-state index is 4.02. The van der Waals surface area contributed by atoms with E-state index in [1.165, 1.54) is 4.90 Å². The van der Waals surface area contributed by atoms with Crippen LogP contribution in [0.2, 0.25) is 0 Å². The summed E-state index contributed by atoms with van der Waals surface area (Å²) in [5.74, 6) is 0.467. The number of hydrogen-bond donors (Lipinski definition) is 0. The zero-order valence-corrected chi connectivity index (χ0v) is 7.85. The van der Waals surface area contributed by atoms with Crippen LogP contribution in [0.5, 0.6) is 0 Å². The standard InChI is InChI=1S/C8H12N2S/c1-6(2)8-4-7(11-3)5-9-10-8/h4-6H,1-3H3. The summed E-state index contributed by atoms with van der Waals surface area (Å²) in [5.41, 5.74) is 1.07. The first-order chi connectivity index (χ1) is 5.24. The van der Waals surface area contributed by atoms with Crippen molar-refractivity contribution in [3.05, 3.63) is 18.0 Å². The van der Waals surface area contributed by atoms with E-state index in [4.69, 9.17) is 0 Å². The van der Waals surface area contributed by atoms with E-state index in [-0.39, 0.29) is 0 Å². The molecule has 1 aromatic heterocycles. The summed E-state index contributed by atoms with van der Waals surface area (Å²) in [6, 6.07) is 2.09. The Kier molecular flexibility index (Phi) is 2.88. The number of nitrogens with zero attached hydrogens (tertiary/aromatic N) is 2. The van der Waals surface area contributed by atoms with E-state index in [2.05, 4.69) is 30.1 Å². The summed E-state index contributed by atoms with van der Waals surface area (Å²) in [4.78, 5) is 1.18. The smallest absolute Gasteiger partial charge is 0.0667 e. The van der Waals surface area contributed by atoms with E-state index in [9.17, 15) is 0 Å². The molecule has 0 spiro atoms. The minimum atomic E-state index is 0.467. The van der Waals surface area contributed by atoms with Crippen LogP contribution in [-0.2, 0) is 0 Å². The summed E-state index contributed by atoms with van der Waals surface area (Å²) in [6.07, 6.45) is 3.83. The van der Waals surface area contributed by atoms with Gasteiger partial charge < -0.3 is 0 Å². The van der Waals surface area contributed by atoms with Crippen molar-refractivity contribution in [2.24, 2.45) is 0 Å². The predicted molar refractivity (Wildman–Crippen MR) is 47.9 cm³/mol. The van der Waals surface area contributed by atoms with Crippen LogP contribution < -0.4 is 0 Å². The summed E-state index contributed by atoms with van der Waals surface area (Å²) < 4.78 is 0. The van der Waals surface area contributed by atoms with Gasteiger partial charge in [-0.2, -0.15) is 10.2 Å². The highest BCUT2D eigenvalue weighted by molar-refractivity contribution is 7.98. The summed E-state index contributed by atoms with van der Waals surface area (Å²) in [6.45, 7) is 4.24. The van der Waals surface area contributed by atoms with Crippen LogP contribution in [0, 0.1) is 0 Å². The lowest BCUT2D eigenvalue weighted by Crippen LogP contribution is -1.94. The Morgan fingerprint density at radius 1 is 1.45 bits per heavy atom. The average molecular weight is 168 g/mol. The van der Waals surface area contributed by atoms with E-state index < -0.39 is 0 Å². The minimum Gasteiger partial charge on any atom is -0.158 e. The van der Waals surface area contributed by atoms with Gasteiger partial charge in [-0.15, -0.1) is 11.8 Å². The second-order valence-corrected chi connectivity index (χ2v) is 3.55. The first-order valence-electron chi connectivity index (χ1n) is 3.60. The van der Waals surface area contributed by atoms with Crippen LogP contribution in [-0.4, -0.2) is 16.5 Å². The molecule has 0 amide bonds. The molecule has 0 unspecified atom stereocenters. The molecular weight excluding hydrogens is 156 g/mol. The first-order valence-corrected chi connectivity index (χ1v) is 4.83. The fourth-order valence-electron chi connectivity index (χ4n) is 0.758. The summed E-state index contributed by atoms with van der Waals surface area (Å²) in [7, 11) is 0. The maximum Gasteiger partial charge on any atom is 0.0667 e. The van der Waals surface area contributed by atoms with Crippen molar-refractivity contribution in [1.82, 2.24) is 10.2 Å². The Morgan fingerprint density at radius 3 is 2.73 bits per heavy atom. The lowest BCUT2D eigenvalue weighted by molar-refractivity contribution is 0.775. The Morgan fingerprint density at radius 2 is 2.18 bits per heavy atom. The van der Waals surface area contributed by atoms with Crippen molar-refractivity contribution < 1.29 is 0 Å². The monoisotopic (exact) mass is 168 g/mol. The first kappa shape index (κ1) is 8.53. The molecule has 1 rings (SSSR count). The molecule has 0 saturated heterocycles. The molecule has 0 N–H and O–H groups in total. The lowest BCUT2D eigenvalue weighted by atomic mass is 10.1. The van der Waals surface area contributed by atoms with E-state index in [1.54, 1.807) is 18.0 Å². The van der Waals surface area contributed by atoms with Gasteiger partial charge in [0.2, 0.25) is 0 Å². The highest BCUT2D eigenvalue weighted by atomic mass is 32.2. The average Bonchev–Trinajstić information content (AvgIpc) is 2.05. The number of rotatable bonds is 2. The third-order valence-corrected chi connectivity index (χ3v) is 2.17. The Hall–Kier alpha value is -0.570. The molecule has 0 fully saturated rings. The molecule has 2 nitrogen and oxygen atoms in total. The van der Waals surface area contributed by atoms with E-state index >= 15 is 0 Å². The molecular formula is C8H12N2S. The molecule has 0 bridgehead atoms. The molecule has 1 heterocycles. The van der Waals surface area contributed by atoms with Crippen LogP contribution in [0.25, 0.3) is 0 Å². The summed E-state index contributed by atoms with van der Waals surface area (Å²) in [5, 5.41) is 7.93. The molecule has 3 heteroatoms. The van der Waals surface area contributed by atoms with Crippen LogP contribution in [0.15, 0.2) is 17.2 Å².